The van der Waals surface area contributed by atoms with E-state index in [0.717, 1.165) is 43.9 Å². The molecule has 0 amide bonds. The van der Waals surface area contributed by atoms with Crippen LogP contribution in [-0.2, 0) is 10.3 Å². The van der Waals surface area contributed by atoms with Crippen molar-refractivity contribution in [1.82, 2.24) is 9.80 Å². The van der Waals surface area contributed by atoms with Gasteiger partial charge in [-0.05, 0) is 43.9 Å². The molecule has 0 aromatic heterocycles. The van der Waals surface area contributed by atoms with Gasteiger partial charge in [0.1, 0.15) is 11.4 Å². The molecule has 144 valence electrons. The van der Waals surface area contributed by atoms with Crippen molar-refractivity contribution in [3.8, 4) is 5.75 Å². The molecule has 1 aliphatic rings. The molecule has 27 heavy (non-hydrogen) atoms. The second-order valence-corrected chi connectivity index (χ2v) is 7.32. The number of methoxy groups -OCH3 is 1. The molecule has 2 aromatic carbocycles. The summed E-state index contributed by atoms with van der Waals surface area (Å²) in [6.07, 6.45) is 1.51. The van der Waals surface area contributed by atoms with Gasteiger partial charge in [-0.15, -0.1) is 0 Å². The van der Waals surface area contributed by atoms with Crippen LogP contribution in [-0.4, -0.2) is 56.7 Å². The summed E-state index contributed by atoms with van der Waals surface area (Å²) in [5.41, 5.74) is 0.940. The minimum atomic E-state index is -0.635. The summed E-state index contributed by atoms with van der Waals surface area (Å²) >= 11 is 0. The first-order valence-corrected chi connectivity index (χ1v) is 9.32. The van der Waals surface area contributed by atoms with Crippen LogP contribution in [0.2, 0.25) is 0 Å². The Morgan fingerprint density at radius 2 is 1.78 bits per heavy atom. The highest BCUT2D eigenvalue weighted by Gasteiger charge is 2.40. The Morgan fingerprint density at radius 1 is 1.07 bits per heavy atom. The van der Waals surface area contributed by atoms with Crippen molar-refractivity contribution in [1.29, 1.82) is 0 Å². The van der Waals surface area contributed by atoms with Crippen LogP contribution in [0.1, 0.15) is 28.8 Å². The maximum absolute atomic E-state index is 12.8. The first kappa shape index (κ1) is 19.4. The van der Waals surface area contributed by atoms with Gasteiger partial charge in [0.05, 0.1) is 19.3 Å². The lowest BCUT2D eigenvalue weighted by molar-refractivity contribution is -0.0600. The van der Waals surface area contributed by atoms with E-state index in [1.54, 1.807) is 19.2 Å². The minimum Gasteiger partial charge on any atom is -0.497 e. The second-order valence-electron chi connectivity index (χ2n) is 7.32. The van der Waals surface area contributed by atoms with E-state index in [9.17, 15) is 4.79 Å². The number of piperidine rings is 1. The molecule has 0 saturated carbocycles. The van der Waals surface area contributed by atoms with E-state index < -0.39 is 5.60 Å². The lowest BCUT2D eigenvalue weighted by Gasteiger charge is -2.42. The Morgan fingerprint density at radius 3 is 2.41 bits per heavy atom. The normalized spacial score (nSPS) is 16.9. The zero-order valence-corrected chi connectivity index (χ0v) is 16.4. The SMILES string of the molecule is COc1cccc(C2(OC(=O)c3ccccc3)CCN(CN(C)C)CC2)c1. The Hall–Kier alpha value is -2.37. The average Bonchev–Trinajstić information content (AvgIpc) is 2.70. The van der Waals surface area contributed by atoms with E-state index in [2.05, 4.69) is 23.9 Å². The molecule has 0 spiro atoms. The molecule has 1 fully saturated rings. The van der Waals surface area contributed by atoms with Crippen molar-refractivity contribution >= 4 is 5.97 Å². The van der Waals surface area contributed by atoms with E-state index in [4.69, 9.17) is 9.47 Å². The van der Waals surface area contributed by atoms with Gasteiger partial charge in [-0.25, -0.2) is 4.79 Å². The first-order valence-electron chi connectivity index (χ1n) is 9.32. The van der Waals surface area contributed by atoms with Crippen LogP contribution in [0.25, 0.3) is 0 Å². The number of esters is 1. The molecule has 0 unspecified atom stereocenters. The number of hydrogen-bond acceptors (Lipinski definition) is 5. The van der Waals surface area contributed by atoms with E-state index >= 15 is 0 Å². The molecule has 0 atom stereocenters. The van der Waals surface area contributed by atoms with Crippen LogP contribution >= 0.6 is 0 Å². The van der Waals surface area contributed by atoms with Crippen LogP contribution in [0.4, 0.5) is 0 Å². The fraction of sp³-hybridized carbons (Fsp3) is 0.409. The van der Waals surface area contributed by atoms with Crippen molar-refractivity contribution in [2.24, 2.45) is 0 Å². The summed E-state index contributed by atoms with van der Waals surface area (Å²) in [7, 11) is 5.79. The average molecular weight is 368 g/mol. The number of benzene rings is 2. The van der Waals surface area contributed by atoms with Gasteiger partial charge in [0.2, 0.25) is 0 Å². The fourth-order valence-corrected chi connectivity index (χ4v) is 3.62. The summed E-state index contributed by atoms with van der Waals surface area (Å²) in [5, 5.41) is 0. The van der Waals surface area contributed by atoms with Gasteiger partial charge in [-0.1, -0.05) is 30.3 Å². The highest BCUT2D eigenvalue weighted by molar-refractivity contribution is 5.89. The van der Waals surface area contributed by atoms with E-state index in [-0.39, 0.29) is 5.97 Å². The highest BCUT2D eigenvalue weighted by atomic mass is 16.6. The highest BCUT2D eigenvalue weighted by Crippen LogP contribution is 2.39. The molecular formula is C22H28N2O3. The Balaban J connectivity index is 1.86. The Labute approximate surface area is 161 Å². The molecule has 1 saturated heterocycles. The smallest absolute Gasteiger partial charge is 0.339 e. The lowest BCUT2D eigenvalue weighted by atomic mass is 9.84. The molecule has 0 bridgehead atoms. The van der Waals surface area contributed by atoms with Gasteiger partial charge < -0.3 is 9.47 Å². The molecule has 3 rings (SSSR count). The number of rotatable bonds is 6. The van der Waals surface area contributed by atoms with Crippen LogP contribution in [0.5, 0.6) is 5.75 Å². The third-order valence-corrected chi connectivity index (χ3v) is 5.04. The molecule has 1 heterocycles. The third kappa shape index (κ3) is 4.67. The lowest BCUT2D eigenvalue weighted by Crippen LogP contribution is -2.47. The van der Waals surface area contributed by atoms with Gasteiger partial charge in [-0.2, -0.15) is 0 Å². The quantitative estimate of drug-likeness (QED) is 0.732. The van der Waals surface area contributed by atoms with Crippen LogP contribution in [0, 0.1) is 0 Å². The zero-order chi connectivity index (χ0) is 19.3. The maximum atomic E-state index is 12.8. The minimum absolute atomic E-state index is 0.278. The van der Waals surface area contributed by atoms with Gasteiger partial charge in [0.25, 0.3) is 0 Å². The fourth-order valence-electron chi connectivity index (χ4n) is 3.62. The van der Waals surface area contributed by atoms with E-state index in [1.807, 2.05) is 42.5 Å². The largest absolute Gasteiger partial charge is 0.497 e. The van der Waals surface area contributed by atoms with Gasteiger partial charge in [-0.3, -0.25) is 9.80 Å². The zero-order valence-electron chi connectivity index (χ0n) is 16.4. The number of carbonyl (C=O) groups excluding carboxylic acids is 1. The van der Waals surface area contributed by atoms with Crippen molar-refractivity contribution in [2.45, 2.75) is 18.4 Å². The van der Waals surface area contributed by atoms with Crippen molar-refractivity contribution in [3.63, 3.8) is 0 Å². The molecule has 0 aliphatic carbocycles. The number of nitrogens with zero attached hydrogens (tertiary/aromatic N) is 2. The summed E-state index contributed by atoms with van der Waals surface area (Å²) < 4.78 is 11.6. The molecule has 1 aliphatic heterocycles. The van der Waals surface area contributed by atoms with Crippen molar-refractivity contribution in [3.05, 3.63) is 65.7 Å². The standard InChI is InChI=1S/C22H28N2O3/c1-23(2)17-24-14-12-22(13-15-24,19-10-7-11-20(16-19)26-3)27-21(25)18-8-5-4-6-9-18/h4-11,16H,12-15,17H2,1-3H3. The van der Waals surface area contributed by atoms with Gasteiger partial charge >= 0.3 is 5.97 Å². The summed E-state index contributed by atoms with van der Waals surface area (Å²) in [5.74, 6) is 0.498. The molecule has 5 heteroatoms. The monoisotopic (exact) mass is 368 g/mol. The number of hydrogen-bond donors (Lipinski definition) is 0. The Kier molecular flexibility index (Phi) is 6.14. The molecule has 2 aromatic rings. The predicted octanol–water partition coefficient (Wildman–Crippen LogP) is 3.36. The third-order valence-electron chi connectivity index (χ3n) is 5.04. The second kappa shape index (κ2) is 8.55. The predicted molar refractivity (Wildman–Crippen MR) is 106 cm³/mol. The van der Waals surface area contributed by atoms with Crippen LogP contribution in [0.15, 0.2) is 54.6 Å². The molecule has 0 N–H and O–H groups in total. The number of likely N-dealkylation sites (tertiary alicyclic amines) is 1. The van der Waals surface area contributed by atoms with Crippen molar-refractivity contribution < 1.29 is 14.3 Å². The molecule has 0 radical (unpaired) electrons. The molecule has 5 nitrogen and oxygen atoms in total. The number of ether oxygens (including phenoxy) is 2. The van der Waals surface area contributed by atoms with E-state index in [0.29, 0.717) is 5.56 Å². The summed E-state index contributed by atoms with van der Waals surface area (Å²) in [6, 6.07) is 17.1. The first-order chi connectivity index (χ1) is 13.0. The summed E-state index contributed by atoms with van der Waals surface area (Å²) in [6.45, 7) is 2.65. The summed E-state index contributed by atoms with van der Waals surface area (Å²) in [4.78, 5) is 17.4. The van der Waals surface area contributed by atoms with E-state index in [1.165, 1.54) is 0 Å². The van der Waals surface area contributed by atoms with Gasteiger partial charge in [0.15, 0.2) is 0 Å². The van der Waals surface area contributed by atoms with Crippen LogP contribution < -0.4 is 4.74 Å². The topological polar surface area (TPSA) is 42.0 Å². The maximum Gasteiger partial charge on any atom is 0.339 e. The van der Waals surface area contributed by atoms with Gasteiger partial charge in [0, 0.05) is 25.9 Å². The van der Waals surface area contributed by atoms with Crippen molar-refractivity contribution in [2.75, 3.05) is 41.0 Å². The molecular weight excluding hydrogens is 340 g/mol. The number of carbonyl (C=O) groups is 1. The Bertz CT molecular complexity index is 753. The van der Waals surface area contributed by atoms with Crippen LogP contribution in [0.3, 0.4) is 0 Å².